The summed E-state index contributed by atoms with van der Waals surface area (Å²) in [5.41, 5.74) is 7.06. The van der Waals surface area contributed by atoms with Crippen molar-refractivity contribution >= 4 is 45.1 Å². The highest BCUT2D eigenvalue weighted by Gasteiger charge is 2.38. The van der Waals surface area contributed by atoms with Crippen LogP contribution >= 0.6 is 11.3 Å². The van der Waals surface area contributed by atoms with E-state index in [4.69, 9.17) is 20.0 Å². The Balaban J connectivity index is 1.03. The van der Waals surface area contributed by atoms with E-state index in [0.717, 1.165) is 16.2 Å². The van der Waals surface area contributed by atoms with Crippen molar-refractivity contribution in [1.29, 1.82) is 0 Å². The van der Waals surface area contributed by atoms with Crippen molar-refractivity contribution in [3.63, 3.8) is 0 Å². The Bertz CT molecular complexity index is 1950. The second kappa shape index (κ2) is 11.3. The molecule has 18 heteroatoms. The van der Waals surface area contributed by atoms with Gasteiger partial charge in [-0.25, -0.2) is 22.9 Å². The minimum absolute atomic E-state index is 0.0711. The van der Waals surface area contributed by atoms with Crippen LogP contribution in [0.3, 0.4) is 0 Å². The number of halogens is 3. The quantitative estimate of drug-likeness (QED) is 0.268. The summed E-state index contributed by atoms with van der Waals surface area (Å²) in [5, 5.41) is 13.5. The Morgan fingerprint density at radius 2 is 1.91 bits per heavy atom. The Morgan fingerprint density at radius 1 is 1.11 bits per heavy atom. The average molecular weight is 646 g/mol. The number of anilines is 2. The first kappa shape index (κ1) is 28.9. The first-order valence-corrected chi connectivity index (χ1v) is 14.8. The van der Waals surface area contributed by atoms with E-state index >= 15 is 0 Å². The number of nitrogens with zero attached hydrogens (tertiary/aromatic N) is 8. The highest BCUT2D eigenvalue weighted by molar-refractivity contribution is 7.17. The molecule has 236 valence electrons. The monoisotopic (exact) mass is 645 g/mol. The molecule has 0 spiro atoms. The molecule has 0 saturated carbocycles. The molecule has 5 aromatic rings. The fourth-order valence-electron chi connectivity index (χ4n) is 5.61. The summed E-state index contributed by atoms with van der Waals surface area (Å²) in [4.78, 5) is 37.6. The van der Waals surface area contributed by atoms with Crippen LogP contribution in [0.25, 0.3) is 27.6 Å². The molecule has 45 heavy (non-hydrogen) atoms. The summed E-state index contributed by atoms with van der Waals surface area (Å²) >= 11 is 0.998. The largest absolute Gasteiger partial charge is 0.482 e. The van der Waals surface area contributed by atoms with Crippen molar-refractivity contribution in [2.24, 2.45) is 0 Å². The van der Waals surface area contributed by atoms with Gasteiger partial charge in [0.15, 0.2) is 34.8 Å². The Kier molecular flexibility index (Phi) is 7.23. The van der Waals surface area contributed by atoms with Crippen molar-refractivity contribution in [3.8, 4) is 17.3 Å². The number of amides is 1. The Morgan fingerprint density at radius 3 is 2.62 bits per heavy atom. The van der Waals surface area contributed by atoms with Gasteiger partial charge in [0.1, 0.15) is 16.6 Å². The molecule has 2 saturated heterocycles. The zero-order chi connectivity index (χ0) is 31.4. The standard InChI is InChI=1S/C27H26F3N9O5S/c28-14-10-15(29)19(44-20-13-37(26(40)41)12-16(20)30)11-17(14)36-6-3-35(4-7-36)5-8-38-23-21(45-27(38)42)24-32-22(18-2-1-9-43-18)34-39(24)25(31)33-23/h1-2,9-11,16,20H,3-8,12-13H2,(H2,31,33)(H,40,41)/t16-,20-/m1/s1. The summed E-state index contributed by atoms with van der Waals surface area (Å²) in [6.45, 7) is 1.99. The molecule has 2 atom stereocenters. The average Bonchev–Trinajstić information content (AvgIpc) is 3.81. The molecule has 2 aliphatic heterocycles. The third-order valence-corrected chi connectivity index (χ3v) is 8.92. The Hall–Kier alpha value is -4.84. The van der Waals surface area contributed by atoms with Gasteiger partial charge in [0, 0.05) is 51.4 Å². The summed E-state index contributed by atoms with van der Waals surface area (Å²) in [7, 11) is 0. The number of carbonyl (C=O) groups is 1. The van der Waals surface area contributed by atoms with Gasteiger partial charge in [0.25, 0.3) is 0 Å². The maximum Gasteiger partial charge on any atom is 0.407 e. The van der Waals surface area contributed by atoms with E-state index in [-0.39, 0.29) is 35.3 Å². The molecule has 3 N–H and O–H groups in total. The molecule has 6 heterocycles. The van der Waals surface area contributed by atoms with Gasteiger partial charge in [0.05, 0.1) is 25.0 Å². The number of rotatable bonds is 7. The number of hydrogen-bond acceptors (Lipinski definition) is 11. The zero-order valence-corrected chi connectivity index (χ0v) is 24.3. The number of aromatic nitrogens is 5. The molecule has 0 bridgehead atoms. The minimum Gasteiger partial charge on any atom is -0.482 e. The summed E-state index contributed by atoms with van der Waals surface area (Å²) in [6, 6.07) is 5.30. The Labute approximate surface area is 255 Å². The summed E-state index contributed by atoms with van der Waals surface area (Å²) < 4.78 is 58.0. The number of piperazine rings is 1. The van der Waals surface area contributed by atoms with E-state index < -0.39 is 30.0 Å². The minimum atomic E-state index is -1.64. The number of thiazole rings is 1. The molecular weight excluding hydrogens is 619 g/mol. The predicted molar refractivity (Wildman–Crippen MR) is 156 cm³/mol. The first-order chi connectivity index (χ1) is 21.7. The maximum absolute atomic E-state index is 14.8. The number of ether oxygens (including phenoxy) is 1. The first-order valence-electron chi connectivity index (χ1n) is 14.0. The second-order valence-corrected chi connectivity index (χ2v) is 11.7. The smallest absolute Gasteiger partial charge is 0.407 e. The van der Waals surface area contributed by atoms with Crippen molar-refractivity contribution in [2.45, 2.75) is 18.8 Å². The summed E-state index contributed by atoms with van der Waals surface area (Å²) in [6.07, 6.45) is -2.64. The molecule has 0 aliphatic carbocycles. The number of alkyl halides is 1. The molecule has 14 nitrogen and oxygen atoms in total. The van der Waals surface area contributed by atoms with Crippen LogP contribution < -0.4 is 20.2 Å². The zero-order valence-electron chi connectivity index (χ0n) is 23.5. The van der Waals surface area contributed by atoms with Gasteiger partial charge >= 0.3 is 11.0 Å². The van der Waals surface area contributed by atoms with E-state index in [1.807, 2.05) is 0 Å². The number of fused-ring (bicyclic) bond motifs is 3. The number of hydrogen-bond donors (Lipinski definition) is 2. The van der Waals surface area contributed by atoms with Crippen molar-refractivity contribution in [2.75, 3.05) is 56.4 Å². The van der Waals surface area contributed by atoms with Gasteiger partial charge < -0.3 is 29.8 Å². The van der Waals surface area contributed by atoms with Crippen molar-refractivity contribution in [1.82, 2.24) is 33.9 Å². The number of likely N-dealkylation sites (tertiary alicyclic amines) is 1. The molecule has 1 aromatic carbocycles. The van der Waals surface area contributed by atoms with E-state index in [0.29, 0.717) is 72.9 Å². The molecule has 1 amide bonds. The van der Waals surface area contributed by atoms with Crippen LogP contribution in [0.15, 0.2) is 39.7 Å². The lowest BCUT2D eigenvalue weighted by atomic mass is 10.2. The van der Waals surface area contributed by atoms with Crippen LogP contribution in [0.2, 0.25) is 0 Å². The van der Waals surface area contributed by atoms with E-state index in [1.54, 1.807) is 21.6 Å². The van der Waals surface area contributed by atoms with E-state index in [2.05, 4.69) is 20.0 Å². The topological polar surface area (TPSA) is 160 Å². The fraction of sp³-hybridized carbons (Fsp3) is 0.370. The third kappa shape index (κ3) is 5.28. The molecule has 0 unspecified atom stereocenters. The number of nitrogens with two attached hydrogens (primary N) is 1. The number of benzene rings is 1. The van der Waals surface area contributed by atoms with Gasteiger partial charge in [-0.3, -0.25) is 14.3 Å². The SMILES string of the molecule is Nc1nc2c(sc(=O)n2CCN2CCN(c3cc(O[C@@H]4CN(C(=O)O)C[C@H]4F)c(F)cc3F)CC2)c2nc(-c3ccco3)nn12. The lowest BCUT2D eigenvalue weighted by molar-refractivity contribution is 0.130. The molecule has 2 fully saturated rings. The van der Waals surface area contributed by atoms with Crippen LogP contribution in [-0.2, 0) is 6.54 Å². The van der Waals surface area contributed by atoms with Crippen LogP contribution in [0, 0.1) is 11.6 Å². The van der Waals surface area contributed by atoms with Gasteiger partial charge in [-0.2, -0.15) is 9.50 Å². The number of carboxylic acid groups (broad SMARTS) is 1. The van der Waals surface area contributed by atoms with Crippen molar-refractivity contribution < 1.29 is 32.2 Å². The second-order valence-electron chi connectivity index (χ2n) is 10.7. The lowest BCUT2D eigenvalue weighted by Gasteiger charge is -2.36. The number of furan rings is 1. The van der Waals surface area contributed by atoms with Gasteiger partial charge in [0.2, 0.25) is 11.8 Å². The van der Waals surface area contributed by atoms with Crippen LogP contribution in [0.5, 0.6) is 5.75 Å². The third-order valence-electron chi connectivity index (χ3n) is 7.96. The molecule has 0 radical (unpaired) electrons. The summed E-state index contributed by atoms with van der Waals surface area (Å²) in [5.74, 6) is -1.30. The van der Waals surface area contributed by atoms with Gasteiger partial charge in [-0.15, -0.1) is 5.10 Å². The van der Waals surface area contributed by atoms with Crippen molar-refractivity contribution in [3.05, 3.63) is 51.8 Å². The molecule has 7 rings (SSSR count). The van der Waals surface area contributed by atoms with Gasteiger partial charge in [-0.1, -0.05) is 11.3 Å². The van der Waals surface area contributed by atoms with E-state index in [1.165, 1.54) is 16.8 Å². The lowest BCUT2D eigenvalue weighted by Crippen LogP contribution is -2.47. The van der Waals surface area contributed by atoms with E-state index in [9.17, 15) is 22.8 Å². The predicted octanol–water partition coefficient (Wildman–Crippen LogP) is 2.52. The molecule has 2 aliphatic rings. The highest BCUT2D eigenvalue weighted by Crippen LogP contribution is 2.32. The van der Waals surface area contributed by atoms with Crippen LogP contribution in [0.4, 0.5) is 29.6 Å². The molecule has 4 aromatic heterocycles. The van der Waals surface area contributed by atoms with Gasteiger partial charge in [-0.05, 0) is 12.1 Å². The van der Waals surface area contributed by atoms with Crippen LogP contribution in [0.1, 0.15) is 0 Å². The highest BCUT2D eigenvalue weighted by atomic mass is 32.1. The maximum atomic E-state index is 14.8. The normalized spacial score (nSPS) is 19.3. The van der Waals surface area contributed by atoms with Crippen LogP contribution in [-0.4, -0.2) is 103 Å². The molecular formula is C27H26F3N9O5S. The number of nitrogen functional groups attached to an aromatic ring is 1. The fourth-order valence-corrected chi connectivity index (χ4v) is 6.54.